The van der Waals surface area contributed by atoms with E-state index in [9.17, 15) is 4.79 Å². The maximum atomic E-state index is 11.7. The monoisotopic (exact) mass is 199 g/mol. The first-order valence-corrected chi connectivity index (χ1v) is 5.59. The summed E-state index contributed by atoms with van der Waals surface area (Å²) in [5, 5.41) is 0. The second-order valence-corrected chi connectivity index (χ2v) is 4.22. The maximum absolute atomic E-state index is 11.7. The molecule has 1 aliphatic heterocycles. The van der Waals surface area contributed by atoms with Crippen LogP contribution in [0.15, 0.2) is 0 Å². The first-order valence-electron chi connectivity index (χ1n) is 5.59. The van der Waals surface area contributed by atoms with Gasteiger partial charge in [0, 0.05) is 13.1 Å². The molecule has 0 N–H and O–H groups in total. The molecular weight excluding hydrogens is 178 g/mol. The van der Waals surface area contributed by atoms with Gasteiger partial charge in [0.05, 0.1) is 0 Å². The molecule has 1 saturated heterocycles. The van der Waals surface area contributed by atoms with E-state index >= 15 is 0 Å². The molecule has 0 spiro atoms. The molecule has 1 fully saturated rings. The molecule has 1 aliphatic rings. The smallest absolute Gasteiger partial charge is 0.410 e. The second kappa shape index (κ2) is 4.67. The molecule has 0 aromatic carbocycles. The maximum Gasteiger partial charge on any atom is 0.410 e. The Kier molecular flexibility index (Phi) is 3.78. The van der Waals surface area contributed by atoms with Crippen LogP contribution < -0.4 is 0 Å². The first kappa shape index (κ1) is 11.3. The molecule has 0 unspecified atom stereocenters. The van der Waals surface area contributed by atoms with Crippen molar-refractivity contribution in [3.63, 3.8) is 0 Å². The highest BCUT2D eigenvalue weighted by Gasteiger charge is 2.28. The van der Waals surface area contributed by atoms with Crippen LogP contribution in [0.5, 0.6) is 0 Å². The fourth-order valence-electron chi connectivity index (χ4n) is 1.57. The lowest BCUT2D eigenvalue weighted by Gasteiger charge is -2.29. The van der Waals surface area contributed by atoms with Crippen molar-refractivity contribution in [3.8, 4) is 0 Å². The van der Waals surface area contributed by atoms with Gasteiger partial charge in [-0.1, -0.05) is 13.8 Å². The summed E-state index contributed by atoms with van der Waals surface area (Å²) in [6.07, 6.45) is 3.86. The van der Waals surface area contributed by atoms with Gasteiger partial charge in [-0.3, -0.25) is 0 Å². The van der Waals surface area contributed by atoms with Crippen molar-refractivity contribution in [3.05, 3.63) is 0 Å². The third-order valence-corrected chi connectivity index (χ3v) is 3.19. The summed E-state index contributed by atoms with van der Waals surface area (Å²) < 4.78 is 5.51. The Bertz CT molecular complexity index is 193. The molecule has 1 heterocycles. The van der Waals surface area contributed by atoms with Gasteiger partial charge in [0.1, 0.15) is 5.60 Å². The van der Waals surface area contributed by atoms with Gasteiger partial charge in [-0.2, -0.15) is 0 Å². The molecule has 0 bridgehead atoms. The summed E-state index contributed by atoms with van der Waals surface area (Å²) >= 11 is 0. The summed E-state index contributed by atoms with van der Waals surface area (Å²) in [4.78, 5) is 13.5. The number of carbonyl (C=O) groups excluding carboxylic acids is 1. The third-order valence-electron chi connectivity index (χ3n) is 3.19. The number of amides is 1. The highest BCUT2D eigenvalue weighted by molar-refractivity contribution is 5.68. The standard InChI is InChI=1S/C11H21NO2/c1-4-11(3,5-2)14-10(13)12-8-6-7-9-12/h4-9H2,1-3H3. The van der Waals surface area contributed by atoms with Gasteiger partial charge in [0.2, 0.25) is 0 Å². The van der Waals surface area contributed by atoms with Crippen LogP contribution in [0.4, 0.5) is 4.79 Å². The fraction of sp³-hybridized carbons (Fsp3) is 0.909. The summed E-state index contributed by atoms with van der Waals surface area (Å²) in [5.41, 5.74) is -0.278. The van der Waals surface area contributed by atoms with E-state index in [1.54, 1.807) is 0 Å². The lowest BCUT2D eigenvalue weighted by atomic mass is 10.0. The molecule has 3 nitrogen and oxygen atoms in total. The van der Waals surface area contributed by atoms with Crippen molar-refractivity contribution in [2.75, 3.05) is 13.1 Å². The van der Waals surface area contributed by atoms with Crippen LogP contribution >= 0.6 is 0 Å². The molecule has 0 atom stereocenters. The van der Waals surface area contributed by atoms with Gasteiger partial charge in [0.15, 0.2) is 0 Å². The summed E-state index contributed by atoms with van der Waals surface area (Å²) in [7, 11) is 0. The van der Waals surface area contributed by atoms with Crippen LogP contribution in [0.25, 0.3) is 0 Å². The number of rotatable bonds is 3. The number of nitrogens with zero attached hydrogens (tertiary/aromatic N) is 1. The van der Waals surface area contributed by atoms with Crippen molar-refractivity contribution in [1.82, 2.24) is 4.90 Å². The van der Waals surface area contributed by atoms with Crippen LogP contribution in [-0.2, 0) is 4.74 Å². The number of hydrogen-bond donors (Lipinski definition) is 0. The average Bonchev–Trinajstić information content (AvgIpc) is 2.70. The van der Waals surface area contributed by atoms with Gasteiger partial charge in [-0.05, 0) is 32.6 Å². The Balaban J connectivity index is 2.45. The van der Waals surface area contributed by atoms with E-state index < -0.39 is 0 Å². The molecule has 82 valence electrons. The van der Waals surface area contributed by atoms with Crippen molar-refractivity contribution in [2.45, 2.75) is 52.1 Å². The van der Waals surface area contributed by atoms with Gasteiger partial charge in [0.25, 0.3) is 0 Å². The molecule has 0 radical (unpaired) electrons. The first-order chi connectivity index (χ1) is 6.61. The van der Waals surface area contributed by atoms with Crippen molar-refractivity contribution in [1.29, 1.82) is 0 Å². The molecule has 1 amide bonds. The number of carbonyl (C=O) groups is 1. The summed E-state index contributed by atoms with van der Waals surface area (Å²) in [6, 6.07) is 0. The Morgan fingerprint density at radius 2 is 1.79 bits per heavy atom. The minimum atomic E-state index is -0.278. The Hall–Kier alpha value is -0.730. The number of likely N-dealkylation sites (tertiary alicyclic amines) is 1. The van der Waals surface area contributed by atoms with E-state index in [0.717, 1.165) is 38.8 Å². The second-order valence-electron chi connectivity index (χ2n) is 4.22. The van der Waals surface area contributed by atoms with Crippen LogP contribution in [0.2, 0.25) is 0 Å². The third kappa shape index (κ3) is 2.63. The topological polar surface area (TPSA) is 29.5 Å². The van der Waals surface area contributed by atoms with Crippen LogP contribution in [0.1, 0.15) is 46.5 Å². The molecule has 0 aliphatic carbocycles. The highest BCUT2D eigenvalue weighted by atomic mass is 16.6. The Labute approximate surface area is 86.4 Å². The molecule has 0 aromatic heterocycles. The molecule has 3 heteroatoms. The van der Waals surface area contributed by atoms with Gasteiger partial charge < -0.3 is 9.64 Å². The quantitative estimate of drug-likeness (QED) is 0.699. The number of hydrogen-bond acceptors (Lipinski definition) is 2. The van der Waals surface area contributed by atoms with E-state index in [4.69, 9.17) is 4.74 Å². The van der Waals surface area contributed by atoms with E-state index in [1.165, 1.54) is 0 Å². The molecule has 0 aromatic rings. The highest BCUT2D eigenvalue weighted by Crippen LogP contribution is 2.21. The zero-order chi connectivity index (χ0) is 10.6. The van der Waals surface area contributed by atoms with Gasteiger partial charge in [-0.25, -0.2) is 4.79 Å². The SMILES string of the molecule is CCC(C)(CC)OC(=O)N1CCCC1. The largest absolute Gasteiger partial charge is 0.443 e. The molecular formula is C11H21NO2. The molecule has 0 saturated carbocycles. The van der Waals surface area contributed by atoms with Gasteiger partial charge >= 0.3 is 6.09 Å². The van der Waals surface area contributed by atoms with Crippen molar-refractivity contribution >= 4 is 6.09 Å². The zero-order valence-corrected chi connectivity index (χ0v) is 9.51. The van der Waals surface area contributed by atoms with Crippen molar-refractivity contribution < 1.29 is 9.53 Å². The predicted molar refractivity (Wildman–Crippen MR) is 56.3 cm³/mol. The van der Waals surface area contributed by atoms with E-state index in [1.807, 2.05) is 11.8 Å². The Morgan fingerprint density at radius 1 is 1.29 bits per heavy atom. The lowest BCUT2D eigenvalue weighted by Crippen LogP contribution is -2.37. The molecule has 1 rings (SSSR count). The van der Waals surface area contributed by atoms with Gasteiger partial charge in [-0.15, -0.1) is 0 Å². The van der Waals surface area contributed by atoms with E-state index in [2.05, 4.69) is 13.8 Å². The molecule has 14 heavy (non-hydrogen) atoms. The van der Waals surface area contributed by atoms with Crippen molar-refractivity contribution in [2.24, 2.45) is 0 Å². The fourth-order valence-corrected chi connectivity index (χ4v) is 1.57. The van der Waals surface area contributed by atoms with Crippen LogP contribution in [0.3, 0.4) is 0 Å². The summed E-state index contributed by atoms with van der Waals surface area (Å²) in [5.74, 6) is 0. The summed E-state index contributed by atoms with van der Waals surface area (Å²) in [6.45, 7) is 7.84. The Morgan fingerprint density at radius 3 is 2.21 bits per heavy atom. The number of ether oxygens (including phenoxy) is 1. The average molecular weight is 199 g/mol. The van der Waals surface area contributed by atoms with E-state index in [0.29, 0.717) is 0 Å². The minimum Gasteiger partial charge on any atom is -0.443 e. The zero-order valence-electron chi connectivity index (χ0n) is 9.51. The van der Waals surface area contributed by atoms with Crippen LogP contribution in [0, 0.1) is 0 Å². The van der Waals surface area contributed by atoms with E-state index in [-0.39, 0.29) is 11.7 Å². The predicted octanol–water partition coefficient (Wildman–Crippen LogP) is 2.80. The normalized spacial score (nSPS) is 17.2. The lowest BCUT2D eigenvalue weighted by molar-refractivity contribution is 0.000431. The minimum absolute atomic E-state index is 0.131. The van der Waals surface area contributed by atoms with Crippen LogP contribution in [-0.4, -0.2) is 29.7 Å².